The van der Waals surface area contributed by atoms with Gasteiger partial charge in [0.05, 0.1) is 6.04 Å². The van der Waals surface area contributed by atoms with Gasteiger partial charge in [-0.3, -0.25) is 14.5 Å². The van der Waals surface area contributed by atoms with E-state index < -0.39 is 11.4 Å². The number of nitrogens with one attached hydrogen (secondary N) is 1. The highest BCUT2D eigenvalue weighted by Gasteiger charge is 2.40. The Morgan fingerprint density at radius 3 is 2.38 bits per heavy atom. The topological polar surface area (TPSA) is 58.6 Å². The average molecular weight is 341 g/mol. The molecular weight excluding hydrogens is 304 g/mol. The van der Waals surface area contributed by atoms with Crippen molar-refractivity contribution in [2.75, 3.05) is 33.8 Å². The zero-order valence-corrected chi connectivity index (χ0v) is 16.5. The van der Waals surface area contributed by atoms with Crippen molar-refractivity contribution >= 4 is 11.8 Å². The number of Topliss-reactive ketones (excluding diaryl/α,β-unsaturated/α-hetero) is 1. The molecule has 0 bridgehead atoms. The summed E-state index contributed by atoms with van der Waals surface area (Å²) in [6, 6.07) is 0.112. The summed E-state index contributed by atoms with van der Waals surface area (Å²) in [4.78, 5) is 27.5. The fourth-order valence-corrected chi connectivity index (χ4v) is 3.86. The molecule has 4 unspecified atom stereocenters. The minimum atomic E-state index is -1.08. The number of likely N-dealkylation sites (N-methyl/N-ethyl adjacent to an activating group) is 2. The maximum Gasteiger partial charge on any atom is 0.319 e. The molecule has 1 saturated heterocycles. The molecule has 4 atom stereocenters. The molecular formula is C19H36N2O3. The molecule has 5 nitrogen and oxygen atoms in total. The van der Waals surface area contributed by atoms with E-state index in [-0.39, 0.29) is 17.7 Å². The number of rotatable bonds is 2. The van der Waals surface area contributed by atoms with Crippen LogP contribution in [0.15, 0.2) is 0 Å². The van der Waals surface area contributed by atoms with Crippen molar-refractivity contribution in [1.82, 2.24) is 10.2 Å². The summed E-state index contributed by atoms with van der Waals surface area (Å²) in [5.41, 5.74) is -1.08. The van der Waals surface area contributed by atoms with E-state index in [0.29, 0.717) is 18.4 Å². The van der Waals surface area contributed by atoms with E-state index in [2.05, 4.69) is 31.1 Å². The van der Waals surface area contributed by atoms with Gasteiger partial charge in [0.25, 0.3) is 0 Å². The summed E-state index contributed by atoms with van der Waals surface area (Å²) in [6.45, 7) is 11.8. The van der Waals surface area contributed by atoms with Gasteiger partial charge in [-0.15, -0.1) is 0 Å². The Hall–Kier alpha value is -0.940. The number of cyclic esters (lactones) is 1. The molecule has 140 valence electrons. The zero-order chi connectivity index (χ0) is 18.5. The summed E-state index contributed by atoms with van der Waals surface area (Å²) in [6.07, 6.45) is 1.91. The first-order chi connectivity index (χ1) is 11.1. The molecule has 1 N–H and O–H groups in total. The van der Waals surface area contributed by atoms with Crippen molar-refractivity contribution in [1.29, 1.82) is 0 Å². The first kappa shape index (κ1) is 21.1. The van der Waals surface area contributed by atoms with E-state index in [4.69, 9.17) is 4.74 Å². The average Bonchev–Trinajstić information content (AvgIpc) is 2.48. The van der Waals surface area contributed by atoms with Crippen molar-refractivity contribution in [2.45, 2.75) is 53.5 Å². The van der Waals surface area contributed by atoms with E-state index in [1.165, 1.54) is 0 Å². The fourth-order valence-electron chi connectivity index (χ4n) is 3.86. The van der Waals surface area contributed by atoms with Crippen molar-refractivity contribution in [3.63, 3.8) is 0 Å². The van der Waals surface area contributed by atoms with E-state index in [0.717, 1.165) is 25.9 Å². The summed E-state index contributed by atoms with van der Waals surface area (Å²) in [5, 5.41) is 3.17. The van der Waals surface area contributed by atoms with Gasteiger partial charge in [0, 0.05) is 19.0 Å². The second-order valence-electron chi connectivity index (χ2n) is 8.32. The second-order valence-corrected chi connectivity index (χ2v) is 8.32. The van der Waals surface area contributed by atoms with Crippen LogP contribution in [0.4, 0.5) is 0 Å². The molecule has 0 aromatic heterocycles. The highest BCUT2D eigenvalue weighted by atomic mass is 16.5. The van der Waals surface area contributed by atoms with Crippen LogP contribution >= 0.6 is 0 Å². The van der Waals surface area contributed by atoms with Crippen molar-refractivity contribution in [2.24, 2.45) is 23.2 Å². The lowest BCUT2D eigenvalue weighted by Crippen LogP contribution is -2.46. The van der Waals surface area contributed by atoms with Gasteiger partial charge in [-0.25, -0.2) is 0 Å². The lowest BCUT2D eigenvalue weighted by Gasteiger charge is -2.31. The van der Waals surface area contributed by atoms with Crippen LogP contribution in [0.25, 0.3) is 0 Å². The Morgan fingerprint density at radius 2 is 1.79 bits per heavy atom. The monoisotopic (exact) mass is 340 g/mol. The SMILES string of the molecule is CNCC1COC(=O)C(C)(C)C(=O)C(C)CC(C)CC(C)CN1C. The molecule has 1 fully saturated rings. The number of carbonyl (C=O) groups excluding carboxylic acids is 2. The number of carbonyl (C=O) groups is 2. The normalized spacial score (nSPS) is 34.0. The molecule has 0 aromatic rings. The highest BCUT2D eigenvalue weighted by Crippen LogP contribution is 2.29. The lowest BCUT2D eigenvalue weighted by molar-refractivity contribution is -0.160. The van der Waals surface area contributed by atoms with E-state index in [9.17, 15) is 9.59 Å². The van der Waals surface area contributed by atoms with Gasteiger partial charge in [-0.1, -0.05) is 20.8 Å². The van der Waals surface area contributed by atoms with Gasteiger partial charge in [0.1, 0.15) is 12.0 Å². The van der Waals surface area contributed by atoms with Crippen LogP contribution in [-0.2, 0) is 14.3 Å². The van der Waals surface area contributed by atoms with Gasteiger partial charge in [-0.2, -0.15) is 0 Å². The molecule has 1 rings (SSSR count). The Labute approximate surface area is 147 Å². The standard InChI is InChI=1S/C19H36N2O3/c1-13-8-14(2)11-21(7)16(10-20-6)12-24-18(23)19(4,5)17(22)15(3)9-13/h13-16,20H,8-12H2,1-7H3. The molecule has 0 amide bonds. The number of esters is 1. The molecule has 1 heterocycles. The predicted molar refractivity (Wildman–Crippen MR) is 96.8 cm³/mol. The third-order valence-electron chi connectivity index (χ3n) is 5.20. The van der Waals surface area contributed by atoms with Crippen molar-refractivity contribution in [3.8, 4) is 0 Å². The molecule has 1 aliphatic rings. The summed E-state index contributed by atoms with van der Waals surface area (Å²) >= 11 is 0. The molecule has 5 heteroatoms. The number of hydrogen-bond acceptors (Lipinski definition) is 5. The minimum absolute atomic E-state index is 0.00947. The van der Waals surface area contributed by atoms with Crippen LogP contribution in [0.3, 0.4) is 0 Å². The Balaban J connectivity index is 3.02. The van der Waals surface area contributed by atoms with Crippen molar-refractivity contribution in [3.05, 3.63) is 0 Å². The minimum Gasteiger partial charge on any atom is -0.463 e. The fraction of sp³-hybridized carbons (Fsp3) is 0.895. The largest absolute Gasteiger partial charge is 0.463 e. The Bertz CT molecular complexity index is 436. The molecule has 24 heavy (non-hydrogen) atoms. The molecule has 0 spiro atoms. The van der Waals surface area contributed by atoms with E-state index in [1.807, 2.05) is 14.0 Å². The van der Waals surface area contributed by atoms with Gasteiger partial charge in [-0.05, 0) is 52.6 Å². The molecule has 0 aliphatic carbocycles. The second kappa shape index (κ2) is 8.95. The molecule has 0 aromatic carbocycles. The van der Waals surface area contributed by atoms with E-state index in [1.54, 1.807) is 13.8 Å². The van der Waals surface area contributed by atoms with Gasteiger partial charge < -0.3 is 10.1 Å². The van der Waals surface area contributed by atoms with Gasteiger partial charge in [0.15, 0.2) is 5.78 Å². The molecule has 0 radical (unpaired) electrons. The molecule has 1 aliphatic heterocycles. The maximum absolute atomic E-state index is 12.8. The van der Waals surface area contributed by atoms with Crippen LogP contribution in [-0.4, -0.2) is 56.5 Å². The Morgan fingerprint density at radius 1 is 1.17 bits per heavy atom. The quantitative estimate of drug-likeness (QED) is 0.618. The first-order valence-corrected chi connectivity index (χ1v) is 9.15. The third kappa shape index (κ3) is 5.55. The van der Waals surface area contributed by atoms with Crippen LogP contribution < -0.4 is 5.32 Å². The summed E-state index contributed by atoms with van der Waals surface area (Å²) < 4.78 is 5.55. The molecule has 0 saturated carbocycles. The van der Waals surface area contributed by atoms with E-state index >= 15 is 0 Å². The van der Waals surface area contributed by atoms with Gasteiger partial charge >= 0.3 is 5.97 Å². The van der Waals surface area contributed by atoms with Crippen LogP contribution in [0.2, 0.25) is 0 Å². The number of nitrogens with zero attached hydrogens (tertiary/aromatic N) is 1. The number of hydrogen-bond donors (Lipinski definition) is 1. The third-order valence-corrected chi connectivity index (χ3v) is 5.20. The Kier molecular flexibility index (Phi) is 7.87. The number of ketones is 1. The van der Waals surface area contributed by atoms with Crippen LogP contribution in [0.1, 0.15) is 47.5 Å². The first-order valence-electron chi connectivity index (χ1n) is 9.15. The predicted octanol–water partition coefficient (Wildman–Crippen LogP) is 2.35. The van der Waals surface area contributed by atoms with Gasteiger partial charge in [0.2, 0.25) is 0 Å². The highest BCUT2D eigenvalue weighted by molar-refractivity contribution is 6.03. The van der Waals surface area contributed by atoms with Crippen molar-refractivity contribution < 1.29 is 14.3 Å². The zero-order valence-electron chi connectivity index (χ0n) is 16.5. The van der Waals surface area contributed by atoms with Crippen LogP contribution in [0.5, 0.6) is 0 Å². The number of ether oxygens (including phenoxy) is 1. The smallest absolute Gasteiger partial charge is 0.319 e. The summed E-state index contributed by atoms with van der Waals surface area (Å²) in [5.74, 6) is 0.457. The summed E-state index contributed by atoms with van der Waals surface area (Å²) in [7, 11) is 3.98. The maximum atomic E-state index is 12.8. The lowest BCUT2D eigenvalue weighted by atomic mass is 9.78. The van der Waals surface area contributed by atoms with Crippen LogP contribution in [0, 0.1) is 23.2 Å².